The Morgan fingerprint density at radius 3 is 2.42 bits per heavy atom. The molecule has 0 atom stereocenters. The third-order valence-electron chi connectivity index (χ3n) is 4.64. The molecule has 0 saturated carbocycles. The summed E-state index contributed by atoms with van der Waals surface area (Å²) in [4.78, 5) is 33.7. The summed E-state index contributed by atoms with van der Waals surface area (Å²) in [5.74, 6) is 0.496. The van der Waals surface area contributed by atoms with Crippen LogP contribution in [-0.2, 0) is 23.6 Å². The molecule has 1 aromatic carbocycles. The van der Waals surface area contributed by atoms with Gasteiger partial charge in [0.1, 0.15) is 6.54 Å². The van der Waals surface area contributed by atoms with Crippen LogP contribution in [0.5, 0.6) is 5.75 Å². The van der Waals surface area contributed by atoms with Gasteiger partial charge in [-0.2, -0.15) is 0 Å². The van der Waals surface area contributed by atoms with Gasteiger partial charge in [0, 0.05) is 35.4 Å². The smallest absolute Gasteiger partial charge is 0.240 e. The van der Waals surface area contributed by atoms with Crippen molar-refractivity contribution in [3.8, 4) is 5.75 Å². The fourth-order valence-corrected chi connectivity index (χ4v) is 3.98. The standard InChI is InChI=1S/C23H26N4O3S/c1-15-5-7-18(8-6-15)11-24-22(29)13-27-12-21(30-4)20(28)10-19(27)14-31-23-25-16(2)9-17(3)26-23/h5-10,12H,11,13-14H2,1-4H3,(H,24,29). The van der Waals surface area contributed by atoms with Crippen molar-refractivity contribution in [1.82, 2.24) is 19.9 Å². The highest BCUT2D eigenvalue weighted by atomic mass is 32.2. The summed E-state index contributed by atoms with van der Waals surface area (Å²) in [5, 5.41) is 3.56. The van der Waals surface area contributed by atoms with E-state index < -0.39 is 0 Å². The van der Waals surface area contributed by atoms with Crippen LogP contribution in [0.25, 0.3) is 0 Å². The normalized spacial score (nSPS) is 10.7. The van der Waals surface area contributed by atoms with Gasteiger partial charge in [-0.25, -0.2) is 9.97 Å². The van der Waals surface area contributed by atoms with Gasteiger partial charge in [0.25, 0.3) is 0 Å². The number of carbonyl (C=O) groups excluding carboxylic acids is 1. The van der Waals surface area contributed by atoms with Crippen LogP contribution in [0.2, 0.25) is 0 Å². The lowest BCUT2D eigenvalue weighted by atomic mass is 10.1. The minimum absolute atomic E-state index is 0.0755. The number of amides is 1. The summed E-state index contributed by atoms with van der Waals surface area (Å²) < 4.78 is 6.90. The van der Waals surface area contributed by atoms with Crippen molar-refractivity contribution in [2.24, 2.45) is 0 Å². The number of carbonyl (C=O) groups is 1. The molecule has 3 aromatic rings. The number of nitrogens with zero attached hydrogens (tertiary/aromatic N) is 3. The summed E-state index contributed by atoms with van der Waals surface area (Å²) in [6.45, 7) is 6.37. The topological polar surface area (TPSA) is 86.1 Å². The van der Waals surface area contributed by atoms with Crippen molar-refractivity contribution < 1.29 is 9.53 Å². The minimum Gasteiger partial charge on any atom is -0.491 e. The van der Waals surface area contributed by atoms with Crippen LogP contribution in [0, 0.1) is 20.8 Å². The first-order chi connectivity index (χ1) is 14.8. The largest absolute Gasteiger partial charge is 0.491 e. The van der Waals surface area contributed by atoms with Crippen molar-refractivity contribution in [2.45, 2.75) is 44.8 Å². The summed E-state index contributed by atoms with van der Waals surface area (Å²) in [7, 11) is 1.44. The number of hydrogen-bond donors (Lipinski definition) is 1. The molecule has 3 rings (SSSR count). The van der Waals surface area contributed by atoms with Crippen molar-refractivity contribution in [3.05, 3.63) is 81.0 Å². The highest BCUT2D eigenvalue weighted by molar-refractivity contribution is 7.98. The van der Waals surface area contributed by atoms with E-state index in [1.54, 1.807) is 10.8 Å². The molecule has 0 saturated heterocycles. The number of aromatic nitrogens is 3. The fraction of sp³-hybridized carbons (Fsp3) is 0.304. The van der Waals surface area contributed by atoms with Crippen LogP contribution in [0.1, 0.15) is 28.2 Å². The van der Waals surface area contributed by atoms with Gasteiger partial charge in [-0.05, 0) is 32.4 Å². The summed E-state index contributed by atoms with van der Waals surface area (Å²) in [6.07, 6.45) is 1.58. The van der Waals surface area contributed by atoms with E-state index in [4.69, 9.17) is 4.74 Å². The first kappa shape index (κ1) is 22.6. The Labute approximate surface area is 185 Å². The third kappa shape index (κ3) is 6.42. The van der Waals surface area contributed by atoms with E-state index in [1.165, 1.54) is 30.5 Å². The molecule has 0 aliphatic rings. The van der Waals surface area contributed by atoms with E-state index in [1.807, 2.05) is 51.1 Å². The average Bonchev–Trinajstić information content (AvgIpc) is 2.72. The first-order valence-electron chi connectivity index (χ1n) is 9.88. The molecule has 0 fully saturated rings. The highest BCUT2D eigenvalue weighted by Crippen LogP contribution is 2.20. The minimum atomic E-state index is -0.226. The summed E-state index contributed by atoms with van der Waals surface area (Å²) in [6, 6.07) is 11.4. The third-order valence-corrected chi connectivity index (χ3v) is 5.52. The Morgan fingerprint density at radius 1 is 1.10 bits per heavy atom. The number of rotatable bonds is 8. The van der Waals surface area contributed by atoms with Gasteiger partial charge in [0.15, 0.2) is 10.9 Å². The van der Waals surface area contributed by atoms with E-state index in [0.29, 0.717) is 23.1 Å². The van der Waals surface area contributed by atoms with Crippen LogP contribution in [0.4, 0.5) is 0 Å². The maximum Gasteiger partial charge on any atom is 0.240 e. The predicted molar refractivity (Wildman–Crippen MR) is 121 cm³/mol. The molecule has 0 aliphatic heterocycles. The number of benzene rings is 1. The second kappa shape index (κ2) is 10.3. The van der Waals surface area contributed by atoms with Crippen molar-refractivity contribution >= 4 is 17.7 Å². The van der Waals surface area contributed by atoms with Crippen LogP contribution >= 0.6 is 11.8 Å². The number of thioether (sulfide) groups is 1. The zero-order chi connectivity index (χ0) is 22.4. The quantitative estimate of drug-likeness (QED) is 0.429. The van der Waals surface area contributed by atoms with E-state index in [-0.39, 0.29) is 23.6 Å². The molecule has 1 amide bonds. The fourth-order valence-electron chi connectivity index (χ4n) is 3.03. The van der Waals surface area contributed by atoms with Gasteiger partial charge in [-0.15, -0.1) is 0 Å². The number of ether oxygens (including phenoxy) is 1. The molecule has 0 unspecified atom stereocenters. The van der Waals surface area contributed by atoms with Gasteiger partial charge in [-0.1, -0.05) is 41.6 Å². The molecule has 0 spiro atoms. The number of pyridine rings is 1. The second-order valence-corrected chi connectivity index (χ2v) is 8.25. The Balaban J connectivity index is 1.73. The molecule has 2 heterocycles. The first-order valence-corrected chi connectivity index (χ1v) is 10.9. The highest BCUT2D eigenvalue weighted by Gasteiger charge is 2.12. The van der Waals surface area contributed by atoms with Crippen molar-refractivity contribution in [1.29, 1.82) is 0 Å². The Morgan fingerprint density at radius 2 is 1.77 bits per heavy atom. The molecule has 0 aliphatic carbocycles. The molecule has 8 heteroatoms. The van der Waals surface area contributed by atoms with Gasteiger partial charge >= 0.3 is 0 Å². The average molecular weight is 439 g/mol. The maximum absolute atomic E-state index is 12.6. The molecular formula is C23H26N4O3S. The zero-order valence-electron chi connectivity index (χ0n) is 18.1. The summed E-state index contributed by atoms with van der Waals surface area (Å²) in [5.41, 5.74) is 4.44. The molecule has 0 radical (unpaired) electrons. The lowest BCUT2D eigenvalue weighted by Crippen LogP contribution is -2.28. The van der Waals surface area contributed by atoms with Crippen molar-refractivity contribution in [2.75, 3.05) is 7.11 Å². The van der Waals surface area contributed by atoms with Crippen LogP contribution in [0.3, 0.4) is 0 Å². The lowest BCUT2D eigenvalue weighted by Gasteiger charge is -2.15. The number of methoxy groups -OCH3 is 1. The van der Waals surface area contributed by atoms with E-state index in [2.05, 4.69) is 15.3 Å². The SMILES string of the molecule is COc1cn(CC(=O)NCc2ccc(C)cc2)c(CSc2nc(C)cc(C)n2)cc1=O. The predicted octanol–water partition coefficient (Wildman–Crippen LogP) is 3.18. The van der Waals surface area contributed by atoms with Gasteiger partial charge in [0.05, 0.1) is 13.3 Å². The molecule has 162 valence electrons. The maximum atomic E-state index is 12.6. The zero-order valence-corrected chi connectivity index (χ0v) is 19.0. The lowest BCUT2D eigenvalue weighted by molar-refractivity contribution is -0.121. The Kier molecular flexibility index (Phi) is 7.46. The Bertz CT molecular complexity index is 1110. The molecular weight excluding hydrogens is 412 g/mol. The molecule has 2 aromatic heterocycles. The second-order valence-electron chi connectivity index (χ2n) is 7.31. The van der Waals surface area contributed by atoms with Gasteiger partial charge in [0.2, 0.25) is 11.3 Å². The van der Waals surface area contributed by atoms with E-state index in [9.17, 15) is 9.59 Å². The monoisotopic (exact) mass is 438 g/mol. The number of nitrogens with one attached hydrogen (secondary N) is 1. The molecule has 7 nitrogen and oxygen atoms in total. The number of hydrogen-bond acceptors (Lipinski definition) is 6. The molecule has 31 heavy (non-hydrogen) atoms. The Hall–Kier alpha value is -3.13. The van der Waals surface area contributed by atoms with Crippen LogP contribution in [0.15, 0.2) is 52.5 Å². The van der Waals surface area contributed by atoms with E-state index >= 15 is 0 Å². The van der Waals surface area contributed by atoms with E-state index in [0.717, 1.165) is 17.0 Å². The molecule has 0 bridgehead atoms. The summed E-state index contributed by atoms with van der Waals surface area (Å²) >= 11 is 1.42. The van der Waals surface area contributed by atoms with Gasteiger partial charge in [-0.3, -0.25) is 9.59 Å². The van der Waals surface area contributed by atoms with Crippen molar-refractivity contribution in [3.63, 3.8) is 0 Å². The van der Waals surface area contributed by atoms with Gasteiger partial charge < -0.3 is 14.6 Å². The number of aryl methyl sites for hydroxylation is 3. The molecule has 1 N–H and O–H groups in total. The van der Waals surface area contributed by atoms with Crippen LogP contribution < -0.4 is 15.5 Å². The van der Waals surface area contributed by atoms with Crippen LogP contribution in [-0.4, -0.2) is 27.6 Å².